The first-order valence-corrected chi connectivity index (χ1v) is 9.24. The van der Waals surface area contributed by atoms with Gasteiger partial charge in [0.25, 0.3) is 0 Å². The predicted octanol–water partition coefficient (Wildman–Crippen LogP) is 2.72. The average Bonchev–Trinajstić information content (AvgIpc) is 3.16. The second-order valence-electron chi connectivity index (χ2n) is 7.24. The highest BCUT2D eigenvalue weighted by molar-refractivity contribution is 5.85. The summed E-state index contributed by atoms with van der Waals surface area (Å²) in [6.45, 7) is 4.85. The standard InChI is InChI=1S/C18H30N4O.ClH/c1-2-15-4-6-16(7-5-15)14-20-17(23)18(8-11-19-12-9-18)22-13-3-10-21-22;/h3,10,13,15-16,19H,2,4-9,11-12,14H2,1H3,(H,20,23);1H. The third-order valence-corrected chi connectivity index (χ3v) is 5.89. The highest BCUT2D eigenvalue weighted by Crippen LogP contribution is 2.31. The number of rotatable bonds is 5. The molecule has 24 heavy (non-hydrogen) atoms. The zero-order valence-corrected chi connectivity index (χ0v) is 15.5. The Morgan fingerprint density at radius 3 is 2.50 bits per heavy atom. The summed E-state index contributed by atoms with van der Waals surface area (Å²) in [5.74, 6) is 1.71. The van der Waals surface area contributed by atoms with Gasteiger partial charge in [0.15, 0.2) is 0 Å². The van der Waals surface area contributed by atoms with Crippen LogP contribution in [0.3, 0.4) is 0 Å². The Morgan fingerprint density at radius 1 is 1.25 bits per heavy atom. The number of hydrogen-bond donors (Lipinski definition) is 2. The summed E-state index contributed by atoms with van der Waals surface area (Å²) in [6, 6.07) is 1.91. The Hall–Kier alpha value is -1.07. The summed E-state index contributed by atoms with van der Waals surface area (Å²) in [7, 11) is 0. The van der Waals surface area contributed by atoms with Gasteiger partial charge >= 0.3 is 0 Å². The molecule has 1 saturated heterocycles. The van der Waals surface area contributed by atoms with E-state index < -0.39 is 5.54 Å². The maximum atomic E-state index is 13.0. The zero-order chi connectivity index (χ0) is 16.1. The molecule has 0 bridgehead atoms. The van der Waals surface area contributed by atoms with Crippen LogP contribution in [0, 0.1) is 11.8 Å². The SMILES string of the molecule is CCC1CCC(CNC(=O)C2(n3cccn3)CCNCC2)CC1.Cl. The summed E-state index contributed by atoms with van der Waals surface area (Å²) < 4.78 is 1.87. The Morgan fingerprint density at radius 2 is 1.92 bits per heavy atom. The molecule has 0 aromatic carbocycles. The van der Waals surface area contributed by atoms with E-state index in [1.165, 1.54) is 32.1 Å². The van der Waals surface area contributed by atoms with Crippen molar-refractivity contribution in [3.63, 3.8) is 0 Å². The van der Waals surface area contributed by atoms with Crippen LogP contribution < -0.4 is 10.6 Å². The summed E-state index contributed by atoms with van der Waals surface area (Å²) >= 11 is 0. The van der Waals surface area contributed by atoms with Crippen molar-refractivity contribution in [2.24, 2.45) is 11.8 Å². The van der Waals surface area contributed by atoms with Crippen molar-refractivity contribution in [1.82, 2.24) is 20.4 Å². The van der Waals surface area contributed by atoms with Crippen LogP contribution >= 0.6 is 12.4 Å². The molecule has 0 spiro atoms. The van der Waals surface area contributed by atoms with E-state index in [1.807, 2.05) is 16.9 Å². The molecule has 1 amide bonds. The third-order valence-electron chi connectivity index (χ3n) is 5.89. The number of aromatic nitrogens is 2. The van der Waals surface area contributed by atoms with E-state index in [-0.39, 0.29) is 18.3 Å². The predicted molar refractivity (Wildman–Crippen MR) is 98.3 cm³/mol. The van der Waals surface area contributed by atoms with E-state index in [1.54, 1.807) is 6.20 Å². The van der Waals surface area contributed by atoms with Crippen LogP contribution in [0.5, 0.6) is 0 Å². The normalized spacial score (nSPS) is 26.4. The van der Waals surface area contributed by atoms with E-state index in [0.717, 1.165) is 38.4 Å². The van der Waals surface area contributed by atoms with Crippen LogP contribution in [0.1, 0.15) is 51.9 Å². The molecular weight excluding hydrogens is 324 g/mol. The fraction of sp³-hybridized carbons (Fsp3) is 0.778. The number of carbonyl (C=O) groups is 1. The molecule has 1 aliphatic carbocycles. The average molecular weight is 355 g/mol. The van der Waals surface area contributed by atoms with Crippen LogP contribution in [0.2, 0.25) is 0 Å². The van der Waals surface area contributed by atoms with E-state index in [4.69, 9.17) is 0 Å². The van der Waals surface area contributed by atoms with Gasteiger partial charge in [-0.25, -0.2) is 0 Å². The zero-order valence-electron chi connectivity index (χ0n) is 14.7. The molecule has 2 N–H and O–H groups in total. The Balaban J connectivity index is 0.00000208. The molecule has 0 radical (unpaired) electrons. The summed E-state index contributed by atoms with van der Waals surface area (Å²) in [5, 5.41) is 11.0. The van der Waals surface area contributed by atoms with Crippen LogP contribution in [-0.4, -0.2) is 35.3 Å². The lowest BCUT2D eigenvalue weighted by Gasteiger charge is -2.37. The van der Waals surface area contributed by atoms with Gasteiger partial charge in [-0.1, -0.05) is 26.2 Å². The summed E-state index contributed by atoms with van der Waals surface area (Å²) in [5.41, 5.74) is -0.505. The molecule has 2 fully saturated rings. The maximum absolute atomic E-state index is 13.0. The van der Waals surface area contributed by atoms with Gasteiger partial charge in [-0.15, -0.1) is 12.4 Å². The van der Waals surface area contributed by atoms with Crippen molar-refractivity contribution in [3.8, 4) is 0 Å². The number of carbonyl (C=O) groups excluding carboxylic acids is 1. The van der Waals surface area contributed by atoms with E-state index >= 15 is 0 Å². The van der Waals surface area contributed by atoms with Gasteiger partial charge in [0, 0.05) is 18.9 Å². The Bertz CT molecular complexity index is 491. The molecule has 3 rings (SSSR count). The van der Waals surface area contributed by atoms with Crippen molar-refractivity contribution in [2.45, 2.75) is 57.4 Å². The maximum Gasteiger partial charge on any atom is 0.248 e. The van der Waals surface area contributed by atoms with Crippen molar-refractivity contribution in [1.29, 1.82) is 0 Å². The minimum atomic E-state index is -0.505. The van der Waals surface area contributed by atoms with Gasteiger partial charge in [0.2, 0.25) is 5.91 Å². The van der Waals surface area contributed by atoms with Gasteiger partial charge < -0.3 is 10.6 Å². The number of nitrogens with one attached hydrogen (secondary N) is 2. The van der Waals surface area contributed by atoms with Gasteiger partial charge in [-0.3, -0.25) is 9.48 Å². The highest BCUT2D eigenvalue weighted by atomic mass is 35.5. The molecule has 2 aliphatic rings. The molecular formula is C18H31ClN4O. The first-order valence-electron chi connectivity index (χ1n) is 9.24. The van der Waals surface area contributed by atoms with Gasteiger partial charge in [-0.05, 0) is 56.7 Å². The number of amides is 1. The molecule has 0 unspecified atom stereocenters. The first-order chi connectivity index (χ1) is 11.2. The molecule has 2 heterocycles. The molecule has 0 atom stereocenters. The van der Waals surface area contributed by atoms with Crippen LogP contribution in [0.25, 0.3) is 0 Å². The lowest BCUT2D eigenvalue weighted by atomic mass is 9.80. The molecule has 5 nitrogen and oxygen atoms in total. The lowest BCUT2D eigenvalue weighted by Crippen LogP contribution is -2.55. The fourth-order valence-corrected chi connectivity index (χ4v) is 4.17. The number of piperidine rings is 1. The molecule has 1 aromatic rings. The Kier molecular flexibility index (Phi) is 7.11. The molecule has 1 saturated carbocycles. The van der Waals surface area contributed by atoms with E-state index in [9.17, 15) is 4.79 Å². The van der Waals surface area contributed by atoms with Crippen molar-refractivity contribution < 1.29 is 4.79 Å². The first kappa shape index (κ1) is 19.3. The largest absolute Gasteiger partial charge is 0.354 e. The monoisotopic (exact) mass is 354 g/mol. The van der Waals surface area contributed by atoms with Gasteiger partial charge in [0.1, 0.15) is 5.54 Å². The second kappa shape index (κ2) is 8.86. The smallest absolute Gasteiger partial charge is 0.248 e. The lowest BCUT2D eigenvalue weighted by molar-refractivity contribution is -0.132. The number of nitrogens with zero attached hydrogens (tertiary/aromatic N) is 2. The van der Waals surface area contributed by atoms with E-state index in [0.29, 0.717) is 5.92 Å². The highest BCUT2D eigenvalue weighted by Gasteiger charge is 2.42. The molecule has 1 aromatic heterocycles. The van der Waals surface area contributed by atoms with Gasteiger partial charge in [-0.2, -0.15) is 5.10 Å². The van der Waals surface area contributed by atoms with Crippen LogP contribution in [0.15, 0.2) is 18.5 Å². The molecule has 136 valence electrons. The molecule has 6 heteroatoms. The number of halogens is 1. The minimum absolute atomic E-state index is 0. The van der Waals surface area contributed by atoms with E-state index in [2.05, 4.69) is 22.7 Å². The fourth-order valence-electron chi connectivity index (χ4n) is 4.17. The van der Waals surface area contributed by atoms with Crippen molar-refractivity contribution in [2.75, 3.05) is 19.6 Å². The summed E-state index contributed by atoms with van der Waals surface area (Å²) in [6.07, 6.45) is 11.8. The quantitative estimate of drug-likeness (QED) is 0.854. The van der Waals surface area contributed by atoms with Crippen LogP contribution in [0.4, 0.5) is 0 Å². The van der Waals surface area contributed by atoms with Crippen molar-refractivity contribution >= 4 is 18.3 Å². The second-order valence-corrected chi connectivity index (χ2v) is 7.24. The van der Waals surface area contributed by atoms with Crippen LogP contribution in [-0.2, 0) is 10.3 Å². The topological polar surface area (TPSA) is 59.0 Å². The summed E-state index contributed by atoms with van der Waals surface area (Å²) in [4.78, 5) is 13.0. The van der Waals surface area contributed by atoms with Crippen molar-refractivity contribution in [3.05, 3.63) is 18.5 Å². The van der Waals surface area contributed by atoms with Gasteiger partial charge in [0.05, 0.1) is 0 Å². The number of hydrogen-bond acceptors (Lipinski definition) is 3. The minimum Gasteiger partial charge on any atom is -0.354 e. The third kappa shape index (κ3) is 4.12. The molecule has 1 aliphatic heterocycles. The Labute approximate surface area is 151 Å².